The summed E-state index contributed by atoms with van der Waals surface area (Å²) in [6.07, 6.45) is 3.66. The molecule has 1 N–H and O–H groups in total. The average molecular weight is 421 g/mol. The van der Waals surface area contributed by atoms with E-state index in [0.717, 1.165) is 28.2 Å². The molecule has 30 heavy (non-hydrogen) atoms. The smallest absolute Gasteiger partial charge is 0.289 e. The average Bonchev–Trinajstić information content (AvgIpc) is 3.11. The summed E-state index contributed by atoms with van der Waals surface area (Å²) in [6, 6.07) is 13.3. The van der Waals surface area contributed by atoms with Gasteiger partial charge in [0.2, 0.25) is 5.75 Å². The Morgan fingerprint density at radius 2 is 1.77 bits per heavy atom. The molecule has 1 fully saturated rings. The highest BCUT2D eigenvalue weighted by Gasteiger charge is 2.24. The Morgan fingerprint density at radius 3 is 2.47 bits per heavy atom. The molecule has 2 aromatic carbocycles. The summed E-state index contributed by atoms with van der Waals surface area (Å²) in [5.41, 5.74) is 2.33. The summed E-state index contributed by atoms with van der Waals surface area (Å²) in [5, 5.41) is 3.63. The lowest BCUT2D eigenvalue weighted by Crippen LogP contribution is -2.18. The van der Waals surface area contributed by atoms with Crippen LogP contribution in [0.25, 0.3) is 17.0 Å². The van der Waals surface area contributed by atoms with Crippen LogP contribution in [0.4, 0.5) is 10.5 Å². The molecule has 4 rings (SSSR count). The van der Waals surface area contributed by atoms with Crippen molar-refractivity contribution >= 4 is 45.5 Å². The zero-order valence-corrected chi connectivity index (χ0v) is 17.4. The predicted octanol–water partition coefficient (Wildman–Crippen LogP) is 4.79. The van der Waals surface area contributed by atoms with Crippen molar-refractivity contribution in [1.82, 2.24) is 10.3 Å². The summed E-state index contributed by atoms with van der Waals surface area (Å²) in [7, 11) is 4.62. The number of amides is 1. The maximum atomic E-state index is 12.1. The number of aliphatic imine (C=N–C) groups is 1. The standard InChI is InChI=1S/C22H19N3O4S/c1-27-16-11-15(12-17(28-2)20(16)29-3)24-21-18(30-22(26)25-21)10-14-7-4-6-13-8-5-9-23-19(13)14/h4-12H,1-3H3,(H,24,25,26)/b18-10-. The van der Waals surface area contributed by atoms with Crippen LogP contribution in [0.1, 0.15) is 5.56 Å². The monoisotopic (exact) mass is 421 g/mol. The first kappa shape index (κ1) is 19.8. The van der Waals surface area contributed by atoms with E-state index in [2.05, 4.69) is 15.3 Å². The van der Waals surface area contributed by atoms with E-state index in [0.29, 0.717) is 33.7 Å². The molecule has 0 radical (unpaired) electrons. The Bertz CT molecular complexity index is 1160. The zero-order chi connectivity index (χ0) is 21.1. The number of fused-ring (bicyclic) bond motifs is 1. The molecule has 1 aromatic heterocycles. The molecule has 2 heterocycles. The molecule has 0 saturated carbocycles. The third kappa shape index (κ3) is 3.81. The number of benzene rings is 2. The van der Waals surface area contributed by atoms with Crippen molar-refractivity contribution in [2.45, 2.75) is 0 Å². The van der Waals surface area contributed by atoms with Crippen molar-refractivity contribution in [3.05, 3.63) is 59.1 Å². The number of nitrogens with zero attached hydrogens (tertiary/aromatic N) is 2. The van der Waals surface area contributed by atoms with Crippen LogP contribution < -0.4 is 19.5 Å². The fraction of sp³-hybridized carbons (Fsp3) is 0.136. The SMILES string of the molecule is COc1cc(N=C2NC(=O)S/C2=C\c2cccc3cccnc23)cc(OC)c1OC. The molecule has 0 aliphatic carbocycles. The predicted molar refractivity (Wildman–Crippen MR) is 119 cm³/mol. The molecular formula is C22H19N3O4S. The lowest BCUT2D eigenvalue weighted by Gasteiger charge is -2.12. The molecule has 7 nitrogen and oxygen atoms in total. The van der Waals surface area contributed by atoms with E-state index in [9.17, 15) is 4.79 Å². The number of carbonyl (C=O) groups excluding carboxylic acids is 1. The highest BCUT2D eigenvalue weighted by molar-refractivity contribution is 8.18. The van der Waals surface area contributed by atoms with Crippen molar-refractivity contribution < 1.29 is 19.0 Å². The molecule has 0 spiro atoms. The molecule has 1 saturated heterocycles. The quantitative estimate of drug-likeness (QED) is 0.638. The van der Waals surface area contributed by atoms with E-state index in [1.165, 1.54) is 0 Å². The van der Waals surface area contributed by atoms with E-state index >= 15 is 0 Å². The lowest BCUT2D eigenvalue weighted by atomic mass is 10.1. The van der Waals surface area contributed by atoms with Crippen molar-refractivity contribution in [3.8, 4) is 17.2 Å². The number of amidine groups is 1. The van der Waals surface area contributed by atoms with Crippen LogP contribution in [0.15, 0.2) is 58.6 Å². The summed E-state index contributed by atoms with van der Waals surface area (Å²) in [6.45, 7) is 0. The minimum Gasteiger partial charge on any atom is -0.493 e. The van der Waals surface area contributed by atoms with Crippen LogP contribution in [0.2, 0.25) is 0 Å². The number of pyridine rings is 1. The second kappa shape index (κ2) is 8.46. The van der Waals surface area contributed by atoms with E-state index in [1.807, 2.05) is 36.4 Å². The maximum Gasteiger partial charge on any atom is 0.289 e. The number of hydrogen-bond acceptors (Lipinski definition) is 7. The minimum atomic E-state index is -0.194. The number of rotatable bonds is 5. The Hall–Kier alpha value is -3.52. The number of aromatic nitrogens is 1. The number of thioether (sulfide) groups is 1. The molecule has 1 amide bonds. The van der Waals surface area contributed by atoms with E-state index in [1.54, 1.807) is 39.7 Å². The van der Waals surface area contributed by atoms with Crippen molar-refractivity contribution in [2.24, 2.45) is 4.99 Å². The Morgan fingerprint density at radius 1 is 1.03 bits per heavy atom. The van der Waals surface area contributed by atoms with Gasteiger partial charge in [-0.3, -0.25) is 9.78 Å². The second-order valence-electron chi connectivity index (χ2n) is 6.29. The lowest BCUT2D eigenvalue weighted by molar-refractivity contribution is 0.265. The maximum absolute atomic E-state index is 12.1. The summed E-state index contributed by atoms with van der Waals surface area (Å²) in [4.78, 5) is 21.9. The molecule has 0 bridgehead atoms. The van der Waals surface area contributed by atoms with E-state index in [-0.39, 0.29) is 5.24 Å². The third-order valence-corrected chi connectivity index (χ3v) is 5.32. The highest BCUT2D eigenvalue weighted by Crippen LogP contribution is 2.41. The largest absolute Gasteiger partial charge is 0.493 e. The van der Waals surface area contributed by atoms with Crippen LogP contribution in [-0.2, 0) is 0 Å². The fourth-order valence-corrected chi connectivity index (χ4v) is 3.89. The number of methoxy groups -OCH3 is 3. The van der Waals surface area contributed by atoms with E-state index in [4.69, 9.17) is 14.2 Å². The van der Waals surface area contributed by atoms with Gasteiger partial charge in [-0.15, -0.1) is 0 Å². The van der Waals surface area contributed by atoms with Gasteiger partial charge < -0.3 is 19.5 Å². The summed E-state index contributed by atoms with van der Waals surface area (Å²) in [5.74, 6) is 1.90. The molecular weight excluding hydrogens is 402 g/mol. The van der Waals surface area contributed by atoms with Gasteiger partial charge in [-0.2, -0.15) is 0 Å². The number of nitrogens with one attached hydrogen (secondary N) is 1. The van der Waals surface area contributed by atoms with E-state index < -0.39 is 0 Å². The Kier molecular flexibility index (Phi) is 5.58. The second-order valence-corrected chi connectivity index (χ2v) is 7.30. The van der Waals surface area contributed by atoms with Gasteiger partial charge >= 0.3 is 0 Å². The van der Waals surface area contributed by atoms with Crippen molar-refractivity contribution in [3.63, 3.8) is 0 Å². The number of para-hydroxylation sites is 1. The topological polar surface area (TPSA) is 82.0 Å². The third-order valence-electron chi connectivity index (χ3n) is 4.50. The molecule has 8 heteroatoms. The van der Waals surface area contributed by atoms with Gasteiger partial charge in [-0.1, -0.05) is 24.3 Å². The summed E-state index contributed by atoms with van der Waals surface area (Å²) < 4.78 is 16.1. The van der Waals surface area contributed by atoms with Gasteiger partial charge in [0.05, 0.1) is 37.4 Å². The molecule has 152 valence electrons. The van der Waals surface area contributed by atoms with Crippen LogP contribution >= 0.6 is 11.8 Å². The molecule has 1 aliphatic rings. The van der Waals surface area contributed by atoms with Crippen molar-refractivity contribution in [2.75, 3.05) is 21.3 Å². The number of ether oxygens (including phenoxy) is 3. The van der Waals surface area contributed by atoms with Gasteiger partial charge in [-0.25, -0.2) is 4.99 Å². The molecule has 0 unspecified atom stereocenters. The minimum absolute atomic E-state index is 0.194. The molecule has 1 aliphatic heterocycles. The number of hydrogen-bond donors (Lipinski definition) is 1. The molecule has 3 aromatic rings. The normalized spacial score (nSPS) is 16.2. The Labute approximate surface area is 177 Å². The van der Waals surface area contributed by atoms with Crippen LogP contribution in [0, 0.1) is 0 Å². The van der Waals surface area contributed by atoms with Crippen LogP contribution in [-0.4, -0.2) is 37.4 Å². The molecule has 0 atom stereocenters. The fourth-order valence-electron chi connectivity index (χ4n) is 3.16. The highest BCUT2D eigenvalue weighted by atomic mass is 32.2. The van der Waals surface area contributed by atoms with Gasteiger partial charge in [0.1, 0.15) is 5.84 Å². The van der Waals surface area contributed by atoms with Crippen LogP contribution in [0.5, 0.6) is 17.2 Å². The Balaban J connectivity index is 1.79. The zero-order valence-electron chi connectivity index (χ0n) is 16.6. The number of carbonyl (C=O) groups is 1. The van der Waals surface area contributed by atoms with Gasteiger partial charge in [-0.05, 0) is 23.9 Å². The first-order chi connectivity index (χ1) is 14.6. The van der Waals surface area contributed by atoms with Gasteiger partial charge in [0, 0.05) is 29.3 Å². The van der Waals surface area contributed by atoms with Crippen molar-refractivity contribution in [1.29, 1.82) is 0 Å². The van der Waals surface area contributed by atoms with Crippen LogP contribution in [0.3, 0.4) is 0 Å². The van der Waals surface area contributed by atoms with Gasteiger partial charge in [0.25, 0.3) is 5.24 Å². The first-order valence-electron chi connectivity index (χ1n) is 9.06. The van der Waals surface area contributed by atoms with Gasteiger partial charge in [0.15, 0.2) is 11.5 Å². The first-order valence-corrected chi connectivity index (χ1v) is 9.88. The summed E-state index contributed by atoms with van der Waals surface area (Å²) >= 11 is 1.09.